The molecule has 2 aromatic heterocycles. The van der Waals surface area contributed by atoms with Crippen LogP contribution in [0.25, 0.3) is 5.69 Å². The molecule has 0 spiro atoms. The van der Waals surface area contributed by atoms with Gasteiger partial charge in [-0.2, -0.15) is 0 Å². The smallest absolute Gasteiger partial charge is 0.271 e. The lowest BCUT2D eigenvalue weighted by Gasteiger charge is -2.09. The number of H-pyrrole nitrogens is 1. The van der Waals surface area contributed by atoms with Gasteiger partial charge >= 0.3 is 0 Å². The van der Waals surface area contributed by atoms with Gasteiger partial charge in [0, 0.05) is 34.3 Å². The Morgan fingerprint density at radius 3 is 3.00 bits per heavy atom. The molecule has 0 saturated heterocycles. The zero-order chi connectivity index (χ0) is 17.1. The average molecular weight is 405 g/mol. The second kappa shape index (κ2) is 7.06. The first-order valence-electron chi connectivity index (χ1n) is 6.96. The van der Waals surface area contributed by atoms with Crippen molar-refractivity contribution in [2.45, 2.75) is 5.16 Å². The fourth-order valence-electron chi connectivity index (χ4n) is 2.18. The van der Waals surface area contributed by atoms with Crippen molar-refractivity contribution in [2.24, 2.45) is 0 Å². The van der Waals surface area contributed by atoms with Gasteiger partial charge in [-0.1, -0.05) is 17.8 Å². The van der Waals surface area contributed by atoms with E-state index >= 15 is 0 Å². The predicted molar refractivity (Wildman–Crippen MR) is 98.1 cm³/mol. The Morgan fingerprint density at radius 2 is 2.21 bits per heavy atom. The number of rotatable bonds is 4. The molecule has 0 unspecified atom stereocenters. The number of carbonyl (C=O) groups is 1. The van der Waals surface area contributed by atoms with Crippen molar-refractivity contribution >= 4 is 39.3 Å². The van der Waals surface area contributed by atoms with Crippen LogP contribution in [-0.2, 0) is 0 Å². The monoisotopic (exact) mass is 404 g/mol. The molecule has 122 valence electrons. The number of halogens is 1. The topological polar surface area (TPSA) is 79.8 Å². The normalized spacial score (nSPS) is 10.6. The van der Waals surface area contributed by atoms with Gasteiger partial charge in [0.2, 0.25) is 0 Å². The van der Waals surface area contributed by atoms with Crippen molar-refractivity contribution in [2.75, 3.05) is 11.6 Å². The molecule has 3 rings (SSSR count). The highest BCUT2D eigenvalue weighted by Gasteiger charge is 2.11. The molecular weight excluding hydrogens is 392 g/mol. The number of pyridine rings is 1. The third kappa shape index (κ3) is 3.44. The van der Waals surface area contributed by atoms with Crippen LogP contribution in [0, 0.1) is 0 Å². The summed E-state index contributed by atoms with van der Waals surface area (Å²) in [5.74, 6) is -0.355. The largest absolute Gasteiger partial charge is 0.326 e. The van der Waals surface area contributed by atoms with E-state index in [4.69, 9.17) is 0 Å². The molecule has 6 nitrogen and oxygen atoms in total. The minimum atomic E-state index is -0.359. The minimum Gasteiger partial charge on any atom is -0.326 e. The zero-order valence-electron chi connectivity index (χ0n) is 12.6. The van der Waals surface area contributed by atoms with Gasteiger partial charge in [0.05, 0.1) is 0 Å². The van der Waals surface area contributed by atoms with Crippen LogP contribution in [-0.4, -0.2) is 26.7 Å². The summed E-state index contributed by atoms with van der Waals surface area (Å²) in [5, 5.41) is 3.46. The summed E-state index contributed by atoms with van der Waals surface area (Å²) in [6.07, 6.45) is 7.00. The first kappa shape index (κ1) is 16.5. The molecular formula is C16H13BrN4O2S. The Balaban J connectivity index is 1.90. The van der Waals surface area contributed by atoms with Gasteiger partial charge in [-0.3, -0.25) is 14.2 Å². The molecule has 1 aromatic carbocycles. The summed E-state index contributed by atoms with van der Waals surface area (Å²) < 4.78 is 2.57. The van der Waals surface area contributed by atoms with E-state index in [1.165, 1.54) is 18.0 Å². The molecule has 1 amide bonds. The van der Waals surface area contributed by atoms with E-state index in [1.807, 2.05) is 23.1 Å². The Labute approximate surface area is 150 Å². The van der Waals surface area contributed by atoms with E-state index in [0.717, 1.165) is 10.8 Å². The van der Waals surface area contributed by atoms with Crippen molar-refractivity contribution in [3.63, 3.8) is 0 Å². The van der Waals surface area contributed by atoms with E-state index in [0.29, 0.717) is 10.0 Å². The highest BCUT2D eigenvalue weighted by molar-refractivity contribution is 9.10. The van der Waals surface area contributed by atoms with E-state index in [9.17, 15) is 9.59 Å². The Hall–Kier alpha value is -2.32. The number of thioether (sulfide) groups is 1. The van der Waals surface area contributed by atoms with Gasteiger partial charge in [-0.15, -0.1) is 0 Å². The van der Waals surface area contributed by atoms with Crippen LogP contribution in [0.3, 0.4) is 0 Å². The molecule has 0 aliphatic rings. The third-order valence-corrected chi connectivity index (χ3v) is 4.42. The molecule has 2 N–H and O–H groups in total. The summed E-state index contributed by atoms with van der Waals surface area (Å²) in [7, 11) is 0. The maximum Gasteiger partial charge on any atom is 0.271 e. The number of imidazole rings is 1. The van der Waals surface area contributed by atoms with Gasteiger partial charge in [0.1, 0.15) is 5.69 Å². The number of aromatic nitrogens is 3. The molecule has 24 heavy (non-hydrogen) atoms. The first-order valence-corrected chi connectivity index (χ1v) is 8.97. The molecule has 0 bridgehead atoms. The average Bonchev–Trinajstić information content (AvgIpc) is 3.07. The third-order valence-electron chi connectivity index (χ3n) is 3.29. The lowest BCUT2D eigenvalue weighted by molar-refractivity contribution is 0.102. The van der Waals surface area contributed by atoms with Gasteiger partial charge < -0.3 is 10.3 Å². The number of anilines is 1. The highest BCUT2D eigenvalue weighted by Crippen LogP contribution is 2.19. The number of carbonyl (C=O) groups excluding carboxylic acids is 1. The van der Waals surface area contributed by atoms with Crippen LogP contribution < -0.4 is 10.9 Å². The molecule has 0 aliphatic heterocycles. The molecule has 3 aromatic rings. The fourth-order valence-corrected chi connectivity index (χ4v) is 3.05. The molecule has 0 saturated carbocycles. The summed E-state index contributed by atoms with van der Waals surface area (Å²) in [4.78, 5) is 31.0. The van der Waals surface area contributed by atoms with Crippen LogP contribution in [0.5, 0.6) is 0 Å². The summed E-state index contributed by atoms with van der Waals surface area (Å²) >= 11 is 4.78. The quantitative estimate of drug-likeness (QED) is 0.653. The van der Waals surface area contributed by atoms with E-state index in [-0.39, 0.29) is 17.2 Å². The predicted octanol–water partition coefficient (Wildman–Crippen LogP) is 3.30. The number of hydrogen-bond donors (Lipinski definition) is 2. The number of nitrogens with one attached hydrogen (secondary N) is 2. The second-order valence-corrected chi connectivity index (χ2v) is 6.54. The second-order valence-electron chi connectivity index (χ2n) is 4.85. The van der Waals surface area contributed by atoms with Crippen LogP contribution >= 0.6 is 27.7 Å². The molecule has 0 fully saturated rings. The van der Waals surface area contributed by atoms with Crippen LogP contribution in [0.4, 0.5) is 5.69 Å². The van der Waals surface area contributed by atoms with Gasteiger partial charge in [0.25, 0.3) is 11.5 Å². The fraction of sp³-hybridized carbons (Fsp3) is 0.0625. The van der Waals surface area contributed by atoms with E-state index < -0.39 is 0 Å². The zero-order valence-corrected chi connectivity index (χ0v) is 15.0. The number of benzene rings is 1. The van der Waals surface area contributed by atoms with Crippen molar-refractivity contribution in [3.05, 3.63) is 69.3 Å². The van der Waals surface area contributed by atoms with Crippen molar-refractivity contribution in [1.29, 1.82) is 0 Å². The van der Waals surface area contributed by atoms with Gasteiger partial charge in [-0.25, -0.2) is 4.98 Å². The van der Waals surface area contributed by atoms with Crippen molar-refractivity contribution in [3.8, 4) is 5.69 Å². The number of nitrogens with zero attached hydrogens (tertiary/aromatic N) is 2. The van der Waals surface area contributed by atoms with Crippen molar-refractivity contribution in [1.82, 2.24) is 14.5 Å². The maximum absolute atomic E-state index is 12.4. The first-order chi connectivity index (χ1) is 11.6. The van der Waals surface area contributed by atoms with Crippen molar-refractivity contribution < 1.29 is 4.79 Å². The molecule has 0 atom stereocenters. The summed E-state index contributed by atoms with van der Waals surface area (Å²) in [6.45, 7) is 0. The molecule has 0 radical (unpaired) electrons. The lowest BCUT2D eigenvalue weighted by Crippen LogP contribution is -2.19. The number of hydrogen-bond acceptors (Lipinski definition) is 4. The number of amides is 1. The summed E-state index contributed by atoms with van der Waals surface area (Å²) in [5.41, 5.74) is 1.11. The standard InChI is InChI=1S/C16H13BrN4O2S/c1-24-16-18-5-6-21(16)12-4-2-3-10(7-12)14(22)20-13-8-11(17)9-19-15(13)23/h2-9H,1H3,(H,19,23)(H,20,22). The maximum atomic E-state index is 12.4. The summed E-state index contributed by atoms with van der Waals surface area (Å²) in [6, 6.07) is 8.69. The molecule has 2 heterocycles. The number of aromatic amines is 1. The molecule has 8 heteroatoms. The van der Waals surface area contributed by atoms with Crippen LogP contribution in [0.1, 0.15) is 10.4 Å². The van der Waals surface area contributed by atoms with Crippen LogP contribution in [0.2, 0.25) is 0 Å². The Bertz CT molecular complexity index is 951. The lowest BCUT2D eigenvalue weighted by atomic mass is 10.2. The van der Waals surface area contributed by atoms with Gasteiger partial charge in [0.15, 0.2) is 5.16 Å². The van der Waals surface area contributed by atoms with E-state index in [1.54, 1.807) is 30.5 Å². The van der Waals surface area contributed by atoms with E-state index in [2.05, 4.69) is 31.2 Å². The Kier molecular flexibility index (Phi) is 4.86. The van der Waals surface area contributed by atoms with Crippen LogP contribution in [0.15, 0.2) is 63.3 Å². The minimum absolute atomic E-state index is 0.187. The highest BCUT2D eigenvalue weighted by atomic mass is 79.9. The van der Waals surface area contributed by atoms with Gasteiger partial charge in [-0.05, 0) is 46.5 Å². The molecule has 0 aliphatic carbocycles. The Morgan fingerprint density at radius 1 is 1.38 bits per heavy atom. The SMILES string of the molecule is CSc1nccn1-c1cccc(C(=O)Nc2cc(Br)c[nH]c2=O)c1.